The average Bonchev–Trinajstić information content (AvgIpc) is 2.78. The summed E-state index contributed by atoms with van der Waals surface area (Å²) < 4.78 is 18.9. The molecule has 5 rings (SSSR count). The molecule has 1 fully saturated rings. The number of aromatic nitrogens is 4. The first-order chi connectivity index (χ1) is 15.6. The van der Waals surface area contributed by atoms with Gasteiger partial charge in [0.25, 0.3) is 0 Å². The summed E-state index contributed by atoms with van der Waals surface area (Å²) in [6.45, 7) is 0.677. The zero-order chi connectivity index (χ0) is 21.9. The fourth-order valence-corrected chi connectivity index (χ4v) is 3.66. The van der Waals surface area contributed by atoms with Crippen molar-refractivity contribution in [1.29, 1.82) is 0 Å². The molecular formula is C25H21FN4O2. The van der Waals surface area contributed by atoms with Gasteiger partial charge in [-0.25, -0.2) is 9.37 Å². The van der Waals surface area contributed by atoms with Gasteiger partial charge >= 0.3 is 0 Å². The van der Waals surface area contributed by atoms with E-state index in [0.717, 1.165) is 16.5 Å². The third kappa shape index (κ3) is 4.46. The Bertz CT molecular complexity index is 1270. The highest BCUT2D eigenvalue weighted by atomic mass is 19.1. The first kappa shape index (κ1) is 20.2. The third-order valence-corrected chi connectivity index (χ3v) is 5.74. The number of nitrogens with zero attached hydrogens (tertiary/aromatic N) is 4. The van der Waals surface area contributed by atoms with E-state index in [1.807, 2.05) is 24.3 Å². The van der Waals surface area contributed by atoms with Crippen molar-refractivity contribution in [3.8, 4) is 17.1 Å². The lowest BCUT2D eigenvalue weighted by molar-refractivity contribution is 0.0991. The smallest absolute Gasteiger partial charge is 0.232 e. The predicted octanol–water partition coefficient (Wildman–Crippen LogP) is 4.83. The molecule has 4 aromatic rings. The van der Waals surface area contributed by atoms with Gasteiger partial charge in [0.1, 0.15) is 5.82 Å². The molecule has 1 aliphatic carbocycles. The highest BCUT2D eigenvalue weighted by Crippen LogP contribution is 2.27. The second kappa shape index (κ2) is 8.78. The highest BCUT2D eigenvalue weighted by Gasteiger charge is 2.18. The number of hydrogen-bond acceptors (Lipinski definition) is 6. The number of hydrogen-bond donors (Lipinski definition) is 0. The molecule has 160 valence electrons. The van der Waals surface area contributed by atoms with Crippen LogP contribution in [0.25, 0.3) is 22.2 Å². The van der Waals surface area contributed by atoms with Crippen molar-refractivity contribution in [1.82, 2.24) is 20.2 Å². The van der Waals surface area contributed by atoms with Gasteiger partial charge in [-0.2, -0.15) is 10.2 Å². The molecule has 0 N–H and O–H groups in total. The molecule has 0 spiro atoms. The Morgan fingerprint density at radius 3 is 2.66 bits per heavy atom. The SMILES string of the molecule is O=C(Cc1cc2cc(-c3cncc(OCC4CCC4)n3)ccc2nn1)c1ccc(F)cc1. The van der Waals surface area contributed by atoms with Crippen LogP contribution in [0.2, 0.25) is 0 Å². The van der Waals surface area contributed by atoms with E-state index in [4.69, 9.17) is 4.74 Å². The first-order valence-electron chi connectivity index (χ1n) is 10.6. The van der Waals surface area contributed by atoms with E-state index in [1.54, 1.807) is 12.4 Å². The number of carbonyl (C=O) groups is 1. The topological polar surface area (TPSA) is 77.9 Å². The number of carbonyl (C=O) groups excluding carboxylic acids is 1. The van der Waals surface area contributed by atoms with E-state index < -0.39 is 0 Å². The molecule has 0 radical (unpaired) electrons. The van der Waals surface area contributed by atoms with Gasteiger partial charge in [-0.15, -0.1) is 0 Å². The summed E-state index contributed by atoms with van der Waals surface area (Å²) in [5, 5.41) is 9.25. The van der Waals surface area contributed by atoms with Gasteiger partial charge in [0, 0.05) is 16.5 Å². The lowest BCUT2D eigenvalue weighted by atomic mass is 9.86. The zero-order valence-corrected chi connectivity index (χ0v) is 17.4. The van der Waals surface area contributed by atoms with Crippen LogP contribution in [0, 0.1) is 11.7 Å². The summed E-state index contributed by atoms with van der Waals surface area (Å²) in [4.78, 5) is 21.4. The molecule has 0 amide bonds. The van der Waals surface area contributed by atoms with E-state index in [9.17, 15) is 9.18 Å². The van der Waals surface area contributed by atoms with Crippen molar-refractivity contribution in [2.75, 3.05) is 6.61 Å². The van der Waals surface area contributed by atoms with Crippen molar-refractivity contribution in [2.24, 2.45) is 5.92 Å². The fraction of sp³-hybridized carbons (Fsp3) is 0.240. The Labute approximate surface area is 184 Å². The fourth-order valence-electron chi connectivity index (χ4n) is 3.66. The van der Waals surface area contributed by atoms with Gasteiger partial charge in [-0.05, 0) is 61.2 Å². The summed E-state index contributed by atoms with van der Waals surface area (Å²) in [7, 11) is 0. The maximum atomic E-state index is 13.1. The molecule has 0 aliphatic heterocycles. The van der Waals surface area contributed by atoms with Crippen LogP contribution in [0.4, 0.5) is 4.39 Å². The van der Waals surface area contributed by atoms with Gasteiger partial charge in [0.15, 0.2) is 5.78 Å². The quantitative estimate of drug-likeness (QED) is 0.392. The molecular weight excluding hydrogens is 407 g/mol. The molecule has 6 nitrogen and oxygen atoms in total. The van der Waals surface area contributed by atoms with Gasteiger partial charge in [0.05, 0.1) is 42.3 Å². The number of ketones is 1. The van der Waals surface area contributed by atoms with Crippen LogP contribution >= 0.6 is 0 Å². The normalized spacial score (nSPS) is 13.7. The van der Waals surface area contributed by atoms with Crippen LogP contribution in [-0.2, 0) is 6.42 Å². The van der Waals surface area contributed by atoms with E-state index in [-0.39, 0.29) is 18.0 Å². The van der Waals surface area contributed by atoms with Crippen LogP contribution in [0.3, 0.4) is 0 Å². The molecule has 2 heterocycles. The number of fused-ring (bicyclic) bond motifs is 1. The standard InChI is InChI=1S/C25H21FN4O2/c26-20-7-4-17(5-8-20)24(31)12-21-11-19-10-18(6-9-22(19)30-29-21)23-13-27-14-25(28-23)32-15-16-2-1-3-16/h4-11,13-14,16H,1-3,12,15H2. The Morgan fingerprint density at radius 2 is 1.88 bits per heavy atom. The molecule has 1 saturated carbocycles. The predicted molar refractivity (Wildman–Crippen MR) is 118 cm³/mol. The van der Waals surface area contributed by atoms with Crippen LogP contribution in [0.1, 0.15) is 35.3 Å². The van der Waals surface area contributed by atoms with Crippen molar-refractivity contribution in [2.45, 2.75) is 25.7 Å². The first-order valence-corrected chi connectivity index (χ1v) is 10.6. The molecule has 0 saturated heterocycles. The summed E-state index contributed by atoms with van der Waals surface area (Å²) in [5.41, 5.74) is 3.29. The van der Waals surface area contributed by atoms with Gasteiger partial charge in [-0.3, -0.25) is 9.78 Å². The van der Waals surface area contributed by atoms with E-state index >= 15 is 0 Å². The molecule has 0 atom stereocenters. The number of benzene rings is 2. The van der Waals surface area contributed by atoms with Crippen LogP contribution < -0.4 is 4.74 Å². The molecule has 1 aliphatic rings. The average molecular weight is 428 g/mol. The Kier molecular flexibility index (Phi) is 5.54. The highest BCUT2D eigenvalue weighted by molar-refractivity contribution is 5.97. The number of Topliss-reactive ketones (excluding diaryl/α,β-unsaturated/α-hetero) is 1. The van der Waals surface area contributed by atoms with Crippen molar-refractivity contribution in [3.63, 3.8) is 0 Å². The molecule has 0 unspecified atom stereocenters. The van der Waals surface area contributed by atoms with Gasteiger partial charge in [-0.1, -0.05) is 12.5 Å². The van der Waals surface area contributed by atoms with E-state index in [2.05, 4.69) is 20.2 Å². The largest absolute Gasteiger partial charge is 0.476 e. The Balaban J connectivity index is 1.36. The second-order valence-corrected chi connectivity index (χ2v) is 8.07. The van der Waals surface area contributed by atoms with Crippen molar-refractivity contribution in [3.05, 3.63) is 78.0 Å². The van der Waals surface area contributed by atoms with Crippen LogP contribution in [0.5, 0.6) is 5.88 Å². The van der Waals surface area contributed by atoms with Crippen LogP contribution in [-0.4, -0.2) is 32.6 Å². The molecule has 32 heavy (non-hydrogen) atoms. The summed E-state index contributed by atoms with van der Waals surface area (Å²) >= 11 is 0. The van der Waals surface area contributed by atoms with Gasteiger partial charge < -0.3 is 4.74 Å². The third-order valence-electron chi connectivity index (χ3n) is 5.74. The number of halogens is 1. The summed E-state index contributed by atoms with van der Waals surface area (Å²) in [6, 6.07) is 13.1. The minimum Gasteiger partial charge on any atom is -0.476 e. The number of rotatable bonds is 7. The minimum absolute atomic E-state index is 0.0864. The van der Waals surface area contributed by atoms with Crippen molar-refractivity contribution < 1.29 is 13.9 Å². The molecule has 0 bridgehead atoms. The molecule has 2 aromatic heterocycles. The van der Waals surface area contributed by atoms with Crippen molar-refractivity contribution >= 4 is 16.7 Å². The second-order valence-electron chi connectivity index (χ2n) is 8.07. The molecule has 2 aromatic carbocycles. The zero-order valence-electron chi connectivity index (χ0n) is 17.4. The Morgan fingerprint density at radius 1 is 1.03 bits per heavy atom. The monoisotopic (exact) mass is 428 g/mol. The van der Waals surface area contributed by atoms with E-state index in [0.29, 0.717) is 35.4 Å². The lowest BCUT2D eigenvalue weighted by Gasteiger charge is -2.24. The van der Waals surface area contributed by atoms with Crippen LogP contribution in [0.15, 0.2) is 60.9 Å². The number of ether oxygens (including phenoxy) is 1. The maximum Gasteiger partial charge on any atom is 0.232 e. The molecule has 7 heteroatoms. The van der Waals surface area contributed by atoms with Gasteiger partial charge in [0.2, 0.25) is 5.88 Å². The van der Waals surface area contributed by atoms with E-state index in [1.165, 1.54) is 43.5 Å². The summed E-state index contributed by atoms with van der Waals surface area (Å²) in [5.74, 6) is 0.626. The summed E-state index contributed by atoms with van der Waals surface area (Å²) in [6.07, 6.45) is 7.12. The maximum absolute atomic E-state index is 13.1. The lowest BCUT2D eigenvalue weighted by Crippen LogP contribution is -2.19. The Hall–Kier alpha value is -3.74. The minimum atomic E-state index is -0.375.